The lowest BCUT2D eigenvalue weighted by Gasteiger charge is -1.97. The summed E-state index contributed by atoms with van der Waals surface area (Å²) < 4.78 is 5.67. The number of fused-ring (bicyclic) bond motifs is 1. The minimum atomic E-state index is 1.15. The second-order valence-corrected chi connectivity index (χ2v) is 4.00. The van der Waals surface area contributed by atoms with E-state index in [0.717, 1.165) is 5.69 Å². The van der Waals surface area contributed by atoms with Gasteiger partial charge in [0.2, 0.25) is 0 Å². The first kappa shape index (κ1) is 11.2. The summed E-state index contributed by atoms with van der Waals surface area (Å²) in [6.45, 7) is 10.3. The Morgan fingerprint density at radius 2 is 1.71 bits per heavy atom. The van der Waals surface area contributed by atoms with Crippen LogP contribution in [0.4, 0.5) is 0 Å². The zero-order chi connectivity index (χ0) is 10.7. The maximum atomic E-state index is 4.34. The Morgan fingerprint density at radius 3 is 2.36 bits per heavy atom. The number of benzene rings is 1. The first-order chi connectivity index (χ1) is 6.68. The second-order valence-electron chi connectivity index (χ2n) is 3.23. The van der Waals surface area contributed by atoms with Crippen molar-refractivity contribution in [3.63, 3.8) is 0 Å². The fraction of sp³-hybridized carbons (Fsp3) is 0.417. The van der Waals surface area contributed by atoms with Gasteiger partial charge in [0.15, 0.2) is 0 Å². The highest BCUT2D eigenvalue weighted by atomic mass is 32.1. The summed E-state index contributed by atoms with van der Waals surface area (Å²) in [6, 6.07) is 4.42. The zero-order valence-corrected chi connectivity index (χ0v) is 10.3. The van der Waals surface area contributed by atoms with Crippen LogP contribution in [0.25, 0.3) is 10.1 Å². The fourth-order valence-electron chi connectivity index (χ4n) is 1.51. The third-order valence-electron chi connectivity index (χ3n) is 2.08. The highest BCUT2D eigenvalue weighted by molar-refractivity contribution is 7.13. The van der Waals surface area contributed by atoms with Crippen molar-refractivity contribution in [2.24, 2.45) is 0 Å². The fourth-order valence-corrected chi connectivity index (χ4v) is 2.34. The van der Waals surface area contributed by atoms with Crippen LogP contribution in [0.2, 0.25) is 0 Å². The average Bonchev–Trinajstić information content (AvgIpc) is 2.52. The molecule has 1 heterocycles. The molecule has 2 heteroatoms. The molecule has 0 saturated heterocycles. The summed E-state index contributed by atoms with van der Waals surface area (Å²) in [7, 11) is 0. The lowest BCUT2D eigenvalue weighted by Crippen LogP contribution is -1.77. The number of aryl methyl sites for hydroxylation is 3. The van der Waals surface area contributed by atoms with Crippen molar-refractivity contribution in [1.82, 2.24) is 4.37 Å². The smallest absolute Gasteiger partial charge is 0.0590 e. The highest BCUT2D eigenvalue weighted by Gasteiger charge is 2.04. The van der Waals surface area contributed by atoms with Gasteiger partial charge < -0.3 is 0 Å². The molecule has 0 bridgehead atoms. The summed E-state index contributed by atoms with van der Waals surface area (Å²) >= 11 is 1.60. The van der Waals surface area contributed by atoms with E-state index in [2.05, 4.69) is 37.3 Å². The Hall–Kier alpha value is -0.890. The summed E-state index contributed by atoms with van der Waals surface area (Å²) in [4.78, 5) is 0. The van der Waals surface area contributed by atoms with Crippen molar-refractivity contribution in [1.29, 1.82) is 0 Å². The molecule has 0 saturated carbocycles. The maximum Gasteiger partial charge on any atom is 0.0590 e. The van der Waals surface area contributed by atoms with Crippen LogP contribution in [0.5, 0.6) is 0 Å². The number of hydrogen-bond donors (Lipinski definition) is 0. The van der Waals surface area contributed by atoms with E-state index in [-0.39, 0.29) is 0 Å². The maximum absolute atomic E-state index is 4.34. The lowest BCUT2D eigenvalue weighted by molar-refractivity contribution is 1.36. The van der Waals surface area contributed by atoms with Gasteiger partial charge in [0.1, 0.15) is 0 Å². The molecule has 14 heavy (non-hydrogen) atoms. The number of aromatic nitrogens is 1. The van der Waals surface area contributed by atoms with E-state index in [4.69, 9.17) is 0 Å². The van der Waals surface area contributed by atoms with Gasteiger partial charge in [-0.2, -0.15) is 4.37 Å². The minimum Gasteiger partial charge on any atom is -0.197 e. The van der Waals surface area contributed by atoms with E-state index in [1.165, 1.54) is 21.2 Å². The molecule has 0 fully saturated rings. The van der Waals surface area contributed by atoms with E-state index in [1.54, 1.807) is 11.5 Å². The Bertz CT molecular complexity index is 429. The van der Waals surface area contributed by atoms with Crippen LogP contribution in [0.1, 0.15) is 30.7 Å². The molecule has 0 aliphatic heterocycles. The van der Waals surface area contributed by atoms with Gasteiger partial charge in [0.05, 0.1) is 10.4 Å². The normalized spacial score (nSPS) is 9.79. The number of hydrogen-bond acceptors (Lipinski definition) is 2. The molecule has 2 rings (SSSR count). The Morgan fingerprint density at radius 1 is 1.07 bits per heavy atom. The molecular weight excluding hydrogens is 190 g/mol. The van der Waals surface area contributed by atoms with Crippen LogP contribution in [0.15, 0.2) is 12.1 Å². The second kappa shape index (κ2) is 4.56. The van der Waals surface area contributed by atoms with Gasteiger partial charge in [-0.25, -0.2) is 0 Å². The molecule has 1 aromatic carbocycles. The third kappa shape index (κ3) is 1.95. The highest BCUT2D eigenvalue weighted by Crippen LogP contribution is 2.26. The van der Waals surface area contributed by atoms with Gasteiger partial charge in [0, 0.05) is 5.39 Å². The van der Waals surface area contributed by atoms with Gasteiger partial charge in [0.25, 0.3) is 0 Å². The molecule has 76 valence electrons. The SMILES string of the molecule is CC.Cc1cc(C)c2snc(C)c2c1. The van der Waals surface area contributed by atoms with E-state index in [9.17, 15) is 0 Å². The average molecular weight is 207 g/mol. The topological polar surface area (TPSA) is 12.9 Å². The molecule has 0 radical (unpaired) electrons. The molecule has 0 atom stereocenters. The van der Waals surface area contributed by atoms with Crippen LogP contribution < -0.4 is 0 Å². The largest absolute Gasteiger partial charge is 0.197 e. The molecule has 1 aromatic heterocycles. The molecule has 1 nitrogen and oxygen atoms in total. The quantitative estimate of drug-likeness (QED) is 0.629. The molecule has 0 unspecified atom stereocenters. The predicted molar refractivity (Wildman–Crippen MR) is 65.2 cm³/mol. The van der Waals surface area contributed by atoms with Crippen molar-refractivity contribution in [3.8, 4) is 0 Å². The molecule has 0 aliphatic carbocycles. The van der Waals surface area contributed by atoms with Crippen molar-refractivity contribution < 1.29 is 0 Å². The number of rotatable bonds is 0. The standard InChI is InChI=1S/C10H11NS.C2H6/c1-6-4-7(2)10-9(5-6)8(3)11-12-10;1-2/h4-5H,1-3H3;1-2H3. The van der Waals surface area contributed by atoms with Crippen LogP contribution in [0.3, 0.4) is 0 Å². The molecule has 0 aliphatic rings. The van der Waals surface area contributed by atoms with E-state index >= 15 is 0 Å². The van der Waals surface area contributed by atoms with E-state index in [0.29, 0.717) is 0 Å². The van der Waals surface area contributed by atoms with Gasteiger partial charge in [-0.1, -0.05) is 25.5 Å². The predicted octanol–water partition coefficient (Wildman–Crippen LogP) is 4.25. The van der Waals surface area contributed by atoms with Gasteiger partial charge in [-0.05, 0) is 43.9 Å². The molecular formula is C12H17NS. The van der Waals surface area contributed by atoms with E-state index < -0.39 is 0 Å². The van der Waals surface area contributed by atoms with E-state index in [1.807, 2.05) is 13.8 Å². The Kier molecular flexibility index (Phi) is 3.64. The van der Waals surface area contributed by atoms with Crippen LogP contribution in [0, 0.1) is 20.8 Å². The lowest BCUT2D eigenvalue weighted by atomic mass is 10.1. The Labute approximate surface area is 89.9 Å². The van der Waals surface area contributed by atoms with Gasteiger partial charge in [-0.3, -0.25) is 0 Å². The van der Waals surface area contributed by atoms with Gasteiger partial charge in [-0.15, -0.1) is 0 Å². The number of nitrogens with zero attached hydrogens (tertiary/aromatic N) is 1. The first-order valence-electron chi connectivity index (χ1n) is 5.02. The molecule has 2 aromatic rings. The Balaban J connectivity index is 0.000000461. The monoisotopic (exact) mass is 207 g/mol. The zero-order valence-electron chi connectivity index (χ0n) is 9.51. The summed E-state index contributed by atoms with van der Waals surface area (Å²) in [5, 5.41) is 1.32. The van der Waals surface area contributed by atoms with Crippen LogP contribution >= 0.6 is 11.5 Å². The third-order valence-corrected chi connectivity index (χ3v) is 3.17. The molecule has 0 spiro atoms. The van der Waals surface area contributed by atoms with Crippen LogP contribution in [-0.2, 0) is 0 Å². The van der Waals surface area contributed by atoms with Gasteiger partial charge >= 0.3 is 0 Å². The molecule has 0 N–H and O–H groups in total. The summed E-state index contributed by atoms with van der Waals surface area (Å²) in [6.07, 6.45) is 0. The van der Waals surface area contributed by atoms with Crippen molar-refractivity contribution in [2.45, 2.75) is 34.6 Å². The van der Waals surface area contributed by atoms with Crippen LogP contribution in [-0.4, -0.2) is 4.37 Å². The first-order valence-corrected chi connectivity index (χ1v) is 5.79. The molecule has 0 amide bonds. The van der Waals surface area contributed by atoms with Crippen molar-refractivity contribution >= 4 is 21.6 Å². The minimum absolute atomic E-state index is 1.15. The van der Waals surface area contributed by atoms with Crippen molar-refractivity contribution in [2.75, 3.05) is 0 Å². The summed E-state index contributed by atoms with van der Waals surface area (Å²) in [5.74, 6) is 0. The van der Waals surface area contributed by atoms with Crippen molar-refractivity contribution in [3.05, 3.63) is 29.0 Å². The summed E-state index contributed by atoms with van der Waals surface area (Å²) in [5.41, 5.74) is 3.82.